The smallest absolute Gasteiger partial charge is 0.416 e. The van der Waals surface area contributed by atoms with Crippen molar-refractivity contribution >= 4 is 0 Å². The van der Waals surface area contributed by atoms with Crippen molar-refractivity contribution in [1.29, 1.82) is 0 Å². The Hall–Kier alpha value is -3.57. The Balaban J connectivity index is 2.22. The molecule has 34 heavy (non-hydrogen) atoms. The van der Waals surface area contributed by atoms with Gasteiger partial charge in [-0.25, -0.2) is 0 Å². The second-order valence-corrected chi connectivity index (χ2v) is 7.51. The van der Waals surface area contributed by atoms with Crippen molar-refractivity contribution in [1.82, 2.24) is 0 Å². The molecular weight excluding hydrogens is 483 g/mol. The highest BCUT2D eigenvalue weighted by Gasteiger charge is 2.63. The van der Waals surface area contributed by atoms with Gasteiger partial charge in [-0.1, -0.05) is 12.1 Å². The zero-order valence-electron chi connectivity index (χ0n) is 16.4. The molecule has 0 spiro atoms. The molecule has 4 rings (SSSR count). The minimum atomic E-state index is -5.50. The lowest BCUT2D eigenvalue weighted by Gasteiger charge is -2.42. The summed E-state index contributed by atoms with van der Waals surface area (Å²) in [5.74, 6) is -2.47. The van der Waals surface area contributed by atoms with Crippen molar-refractivity contribution in [3.8, 4) is 23.0 Å². The van der Waals surface area contributed by atoms with Gasteiger partial charge in [0.2, 0.25) is 0 Å². The van der Waals surface area contributed by atoms with Gasteiger partial charge in [-0.2, -0.15) is 39.5 Å². The van der Waals surface area contributed by atoms with E-state index in [1.54, 1.807) is 0 Å². The lowest BCUT2D eigenvalue weighted by atomic mass is 9.66. The lowest BCUT2D eigenvalue weighted by Crippen LogP contribution is -2.46. The number of phenols is 2. The van der Waals surface area contributed by atoms with E-state index in [9.17, 15) is 49.7 Å². The molecule has 0 atom stereocenters. The molecule has 0 saturated carbocycles. The molecule has 1 aliphatic rings. The van der Waals surface area contributed by atoms with E-state index in [-0.39, 0.29) is 18.2 Å². The van der Waals surface area contributed by atoms with Gasteiger partial charge in [-0.3, -0.25) is 0 Å². The second kappa shape index (κ2) is 7.21. The molecule has 0 saturated heterocycles. The van der Waals surface area contributed by atoms with Crippen LogP contribution in [0, 0.1) is 0 Å². The highest BCUT2D eigenvalue weighted by Crippen LogP contribution is 2.60. The SMILES string of the molecule is Oc1ccc2c(c1)Oc1cc(O)ccc1C2(c1cc(C(F)(F)F)cc(C(F)(F)F)c1)C(F)(F)F. The van der Waals surface area contributed by atoms with E-state index in [2.05, 4.69) is 0 Å². The van der Waals surface area contributed by atoms with Crippen LogP contribution in [0.25, 0.3) is 0 Å². The number of aromatic hydroxyl groups is 2. The van der Waals surface area contributed by atoms with Gasteiger partial charge >= 0.3 is 18.5 Å². The van der Waals surface area contributed by atoms with E-state index in [1.807, 2.05) is 0 Å². The summed E-state index contributed by atoms with van der Waals surface area (Å²) in [5, 5.41) is 19.5. The Labute approximate surface area is 184 Å². The summed E-state index contributed by atoms with van der Waals surface area (Å²) in [6, 6.07) is 4.22. The molecule has 3 aromatic carbocycles. The minimum absolute atomic E-state index is 0.00131. The van der Waals surface area contributed by atoms with Crippen LogP contribution in [0.2, 0.25) is 0 Å². The predicted molar refractivity (Wildman–Crippen MR) is 98.7 cm³/mol. The first-order chi connectivity index (χ1) is 15.5. The molecular formula is C22H11F9O3. The van der Waals surface area contributed by atoms with E-state index in [0.717, 1.165) is 24.3 Å². The summed E-state index contributed by atoms with van der Waals surface area (Å²) in [7, 11) is 0. The van der Waals surface area contributed by atoms with Gasteiger partial charge in [0.1, 0.15) is 28.4 Å². The molecule has 1 heterocycles. The molecule has 0 amide bonds. The summed E-state index contributed by atoms with van der Waals surface area (Å²) >= 11 is 0. The molecule has 180 valence electrons. The second-order valence-electron chi connectivity index (χ2n) is 7.51. The monoisotopic (exact) mass is 494 g/mol. The Morgan fingerprint density at radius 1 is 0.588 bits per heavy atom. The number of benzene rings is 3. The van der Waals surface area contributed by atoms with Crippen LogP contribution in [-0.2, 0) is 17.8 Å². The Kier molecular flexibility index (Phi) is 5.00. The van der Waals surface area contributed by atoms with Gasteiger partial charge < -0.3 is 14.9 Å². The molecule has 12 heteroatoms. The zero-order valence-corrected chi connectivity index (χ0v) is 16.4. The van der Waals surface area contributed by atoms with Crippen molar-refractivity contribution in [3.05, 3.63) is 82.4 Å². The topological polar surface area (TPSA) is 49.7 Å². The van der Waals surface area contributed by atoms with E-state index in [1.165, 1.54) is 0 Å². The third-order valence-electron chi connectivity index (χ3n) is 5.40. The first kappa shape index (κ1) is 23.6. The van der Waals surface area contributed by atoms with Crippen molar-refractivity contribution in [2.45, 2.75) is 23.9 Å². The maximum absolute atomic E-state index is 15.0. The highest BCUT2D eigenvalue weighted by molar-refractivity contribution is 5.67. The number of ether oxygens (including phenoxy) is 1. The number of alkyl halides is 9. The van der Waals surface area contributed by atoms with Crippen LogP contribution in [0.5, 0.6) is 23.0 Å². The van der Waals surface area contributed by atoms with Crippen LogP contribution in [0.4, 0.5) is 39.5 Å². The van der Waals surface area contributed by atoms with Crippen LogP contribution in [0.15, 0.2) is 54.6 Å². The fourth-order valence-corrected chi connectivity index (χ4v) is 4.03. The van der Waals surface area contributed by atoms with E-state index in [0.29, 0.717) is 12.1 Å². The first-order valence-corrected chi connectivity index (χ1v) is 9.26. The van der Waals surface area contributed by atoms with Gasteiger partial charge in [0, 0.05) is 23.3 Å². The van der Waals surface area contributed by atoms with Crippen LogP contribution >= 0.6 is 0 Å². The van der Waals surface area contributed by atoms with Gasteiger partial charge in [-0.05, 0) is 35.9 Å². The molecule has 3 nitrogen and oxygen atoms in total. The molecule has 0 aromatic heterocycles. The summed E-state index contributed by atoms with van der Waals surface area (Å²) < 4.78 is 131. The maximum atomic E-state index is 15.0. The zero-order chi connectivity index (χ0) is 25.3. The van der Waals surface area contributed by atoms with E-state index in [4.69, 9.17) is 4.74 Å². The van der Waals surface area contributed by atoms with Crippen molar-refractivity contribution in [2.24, 2.45) is 0 Å². The normalized spacial score (nSPS) is 15.3. The third-order valence-corrected chi connectivity index (χ3v) is 5.40. The number of fused-ring (bicyclic) bond motifs is 2. The van der Waals surface area contributed by atoms with Crippen LogP contribution in [-0.4, -0.2) is 16.4 Å². The van der Waals surface area contributed by atoms with E-state index >= 15 is 0 Å². The molecule has 3 aromatic rings. The molecule has 0 unspecified atom stereocenters. The summed E-state index contributed by atoms with van der Waals surface area (Å²) in [6.45, 7) is 0. The molecule has 0 radical (unpaired) electrons. The number of hydrogen-bond acceptors (Lipinski definition) is 3. The Bertz CT molecular complexity index is 1190. The van der Waals surface area contributed by atoms with Gasteiger partial charge in [-0.15, -0.1) is 0 Å². The molecule has 0 bridgehead atoms. The molecule has 0 aliphatic carbocycles. The fourth-order valence-electron chi connectivity index (χ4n) is 4.03. The predicted octanol–water partition coefficient (Wildman–Crippen LogP) is 7.14. The van der Waals surface area contributed by atoms with Gasteiger partial charge in [0.15, 0.2) is 0 Å². The number of halogens is 9. The lowest BCUT2D eigenvalue weighted by molar-refractivity contribution is -0.169. The minimum Gasteiger partial charge on any atom is -0.508 e. The van der Waals surface area contributed by atoms with Crippen LogP contribution in [0.3, 0.4) is 0 Å². The largest absolute Gasteiger partial charge is 0.508 e. The first-order valence-electron chi connectivity index (χ1n) is 9.26. The number of hydrogen-bond donors (Lipinski definition) is 2. The summed E-state index contributed by atoms with van der Waals surface area (Å²) in [5.41, 5.74) is -10.5. The molecule has 1 aliphatic heterocycles. The third kappa shape index (κ3) is 3.57. The average Bonchev–Trinajstić information content (AvgIpc) is 2.69. The van der Waals surface area contributed by atoms with Gasteiger partial charge in [0.05, 0.1) is 11.1 Å². The standard InChI is InChI=1S/C22H11F9O3/c23-20(24,25)11-5-10(6-12(7-11)21(26,27)28)19(22(29,30)31)15-3-1-13(32)8-17(15)34-18-9-14(33)2-4-16(18)19/h1-9,32-33H. The maximum Gasteiger partial charge on any atom is 0.416 e. The molecule has 2 N–H and O–H groups in total. The van der Waals surface area contributed by atoms with Crippen molar-refractivity contribution < 1.29 is 54.5 Å². The van der Waals surface area contributed by atoms with Crippen molar-refractivity contribution in [2.75, 3.05) is 0 Å². The number of phenolic OH excluding ortho intramolecular Hbond substituents is 2. The average molecular weight is 494 g/mol. The fraction of sp³-hybridized carbons (Fsp3) is 0.182. The number of rotatable bonds is 1. The summed E-state index contributed by atoms with van der Waals surface area (Å²) in [6.07, 6.45) is -16.3. The van der Waals surface area contributed by atoms with E-state index < -0.39 is 74.8 Å². The van der Waals surface area contributed by atoms with Crippen LogP contribution in [0.1, 0.15) is 27.8 Å². The Morgan fingerprint density at radius 2 is 1.00 bits per heavy atom. The van der Waals surface area contributed by atoms with Gasteiger partial charge in [0.25, 0.3) is 0 Å². The highest BCUT2D eigenvalue weighted by atomic mass is 19.4. The van der Waals surface area contributed by atoms with Crippen molar-refractivity contribution in [3.63, 3.8) is 0 Å². The quantitative estimate of drug-likeness (QED) is 0.354. The Morgan fingerprint density at radius 3 is 1.35 bits per heavy atom. The molecule has 0 fully saturated rings. The van der Waals surface area contributed by atoms with Crippen LogP contribution < -0.4 is 4.74 Å². The summed E-state index contributed by atoms with van der Waals surface area (Å²) in [4.78, 5) is 0.